The third-order valence-corrected chi connectivity index (χ3v) is 9.44. The normalized spacial score (nSPS) is 11.3. The van der Waals surface area contributed by atoms with Crippen LogP contribution in [0.5, 0.6) is 0 Å². The van der Waals surface area contributed by atoms with E-state index in [1.54, 1.807) is 17.5 Å². The van der Waals surface area contributed by atoms with Crippen LogP contribution in [0.15, 0.2) is 60.8 Å². The summed E-state index contributed by atoms with van der Waals surface area (Å²) in [5.41, 5.74) is 21.1. The summed E-state index contributed by atoms with van der Waals surface area (Å²) in [6, 6.07) is 23.7. The van der Waals surface area contributed by atoms with Crippen molar-refractivity contribution in [2.45, 2.75) is 12.8 Å². The summed E-state index contributed by atoms with van der Waals surface area (Å²) in [7, 11) is 2.18. The molecular weight excluding hydrogens is 760 g/mol. The molecule has 0 saturated carbocycles. The van der Waals surface area contributed by atoms with Crippen molar-refractivity contribution in [1.29, 1.82) is 0 Å². The number of benzene rings is 3. The molecule has 246 valence electrons. The van der Waals surface area contributed by atoms with Gasteiger partial charge in [-0.2, -0.15) is 17.2 Å². The molecule has 0 saturated heterocycles. The van der Waals surface area contributed by atoms with Crippen LogP contribution in [0.1, 0.15) is 11.3 Å². The summed E-state index contributed by atoms with van der Waals surface area (Å²) in [4.78, 5) is 56.6. The van der Waals surface area contributed by atoms with Gasteiger partial charge in [0.2, 0.25) is 12.2 Å². The van der Waals surface area contributed by atoms with Gasteiger partial charge in [-0.3, -0.25) is 9.59 Å². The van der Waals surface area contributed by atoms with E-state index in [2.05, 4.69) is 84.0 Å². The number of nitrogens with one attached hydrogen (secondary N) is 4. The Bertz CT molecular complexity index is 2100. The molecule has 49 heavy (non-hydrogen) atoms. The second-order valence-corrected chi connectivity index (χ2v) is 12.9. The van der Waals surface area contributed by atoms with Gasteiger partial charge in [0.1, 0.15) is 0 Å². The Hall–Kier alpha value is -3.79. The van der Waals surface area contributed by atoms with Gasteiger partial charge in [0.25, 0.3) is 0 Å². The number of hydrogen-bond acceptors (Lipinski definition) is 9. The van der Waals surface area contributed by atoms with E-state index in [0.717, 1.165) is 54.6 Å². The van der Waals surface area contributed by atoms with Crippen LogP contribution in [0.4, 0.5) is 9.59 Å². The van der Waals surface area contributed by atoms with Crippen molar-refractivity contribution in [3.63, 3.8) is 0 Å². The number of aromatic nitrogens is 4. The number of amides is 2. The smallest absolute Gasteiger partial charge is 0.632 e. The van der Waals surface area contributed by atoms with Crippen LogP contribution < -0.4 is 11.1 Å². The predicted octanol–water partition coefficient (Wildman–Crippen LogP) is 6.95. The molecule has 0 bridgehead atoms. The number of carbonyl (C=O) groups is 2. The molecular formula is C32H26N6O6P2SV2. The van der Waals surface area contributed by atoms with E-state index >= 15 is 0 Å². The van der Waals surface area contributed by atoms with Gasteiger partial charge in [-0.05, 0) is 70.0 Å². The molecule has 2 unspecified atom stereocenters. The van der Waals surface area contributed by atoms with Crippen LogP contribution in [0.25, 0.3) is 65.3 Å². The molecule has 2 amide bonds. The van der Waals surface area contributed by atoms with Crippen molar-refractivity contribution in [1.82, 2.24) is 19.9 Å². The maximum Gasteiger partial charge on any atom is 2.00 e. The Balaban J connectivity index is 0.000000480. The quantitative estimate of drug-likeness (QED) is 0.134. The second kappa shape index (κ2) is 18.3. The van der Waals surface area contributed by atoms with E-state index < -0.39 is 12.2 Å². The van der Waals surface area contributed by atoms with E-state index in [4.69, 9.17) is 11.5 Å². The molecule has 7 rings (SSSR count). The first-order valence-electron chi connectivity index (χ1n) is 13.8. The zero-order chi connectivity index (χ0) is 33.5. The number of nitrogens with zero attached hydrogens (tertiary/aromatic N) is 2. The largest absolute Gasteiger partial charge is 2.00 e. The van der Waals surface area contributed by atoms with Crippen LogP contribution >= 0.6 is 28.5 Å². The minimum atomic E-state index is -0.995. The standard InChI is InChI=1S/C28H18N4O2P2S.2C2H5NO2.2V/c33-13-35-27-29-12-23(31-27)25-11-19-4-3-17(10-24(19)37-25)15-1-2-16-9-21-18(8-20(16)7-15)5-6-22-26(21)32-28(30-22)36-14-34;2*1-5-2(3)4;;/h1-4,7-12,35-36H,5-6H2,(H,29,31)(H,30,32);2*1H3,(H2,3,4);;/q-2;;;2*+2/p-2. The molecule has 3 aromatic carbocycles. The fourth-order valence-corrected chi connectivity index (χ4v) is 7.00. The molecule has 4 N–H and O–H groups in total. The Morgan fingerprint density at radius 3 is 2.10 bits per heavy atom. The number of methoxy groups -OCH3 is 2. The van der Waals surface area contributed by atoms with E-state index in [9.17, 15) is 19.2 Å². The molecule has 6 aromatic rings. The number of imidazole rings is 2. The minimum absolute atomic E-state index is 0. The average Bonchev–Trinajstić information content (AvgIpc) is 3.82. The first-order chi connectivity index (χ1) is 22.7. The Labute approximate surface area is 312 Å². The van der Waals surface area contributed by atoms with Crippen molar-refractivity contribution < 1.29 is 65.8 Å². The van der Waals surface area contributed by atoms with Gasteiger partial charge in [-0.15, -0.1) is 11.3 Å². The molecule has 0 aliphatic heterocycles. The van der Waals surface area contributed by atoms with Crippen LogP contribution in [-0.2, 0) is 69.0 Å². The Morgan fingerprint density at radius 1 is 0.816 bits per heavy atom. The van der Waals surface area contributed by atoms with E-state index in [-0.39, 0.29) is 54.3 Å². The third kappa shape index (κ3) is 9.68. The maximum atomic E-state index is 10.8. The third-order valence-electron chi connectivity index (χ3n) is 7.14. The average molecular weight is 786 g/mol. The van der Waals surface area contributed by atoms with Gasteiger partial charge in [0.05, 0.1) is 47.8 Å². The number of hydrogen-bond donors (Lipinski definition) is 2. The molecule has 2 radical (unpaired) electrons. The minimum Gasteiger partial charge on any atom is -0.632 e. The summed E-state index contributed by atoms with van der Waals surface area (Å²) in [6.07, 6.45) is 1.63. The van der Waals surface area contributed by atoms with E-state index in [1.807, 2.05) is 12.1 Å². The van der Waals surface area contributed by atoms with Crippen molar-refractivity contribution in [3.8, 4) is 33.0 Å². The first-order valence-corrected chi connectivity index (χ1v) is 16.6. The summed E-state index contributed by atoms with van der Waals surface area (Å²) < 4.78 is 8.76. The topological polar surface area (TPSA) is 192 Å². The van der Waals surface area contributed by atoms with Gasteiger partial charge in [0, 0.05) is 16.0 Å². The number of aromatic amines is 2. The van der Waals surface area contributed by atoms with Gasteiger partial charge in [0.15, 0.2) is 0 Å². The van der Waals surface area contributed by atoms with E-state index in [0.29, 0.717) is 11.1 Å². The number of aryl methyl sites for hydroxylation is 2. The van der Waals surface area contributed by atoms with Gasteiger partial charge < -0.3 is 40.5 Å². The molecule has 3 aromatic heterocycles. The number of rotatable bonds is 6. The molecule has 3 heterocycles. The van der Waals surface area contributed by atoms with Crippen molar-refractivity contribution in [3.05, 3.63) is 83.5 Å². The second-order valence-electron chi connectivity index (χ2n) is 9.93. The molecule has 1 aliphatic carbocycles. The fraction of sp³-hybridized carbons (Fsp3) is 0.125. The van der Waals surface area contributed by atoms with Gasteiger partial charge in [-0.25, -0.2) is 22.0 Å². The van der Waals surface area contributed by atoms with Gasteiger partial charge in [-0.1, -0.05) is 30.3 Å². The molecule has 0 spiro atoms. The number of carbonyl (C=O) groups excluding carboxylic acids is 4. The summed E-state index contributed by atoms with van der Waals surface area (Å²) >= 11 is 1.71. The monoisotopic (exact) mass is 786 g/mol. The Morgan fingerprint density at radius 2 is 1.45 bits per heavy atom. The van der Waals surface area contributed by atoms with Gasteiger partial charge >= 0.3 is 37.1 Å². The molecule has 17 heteroatoms. The fourth-order valence-electron chi connectivity index (χ4n) is 5.03. The van der Waals surface area contributed by atoms with Crippen molar-refractivity contribution >= 4 is 84.7 Å². The van der Waals surface area contributed by atoms with Crippen LogP contribution in [0, 0.1) is 0 Å². The first kappa shape index (κ1) is 39.6. The molecule has 0 fully saturated rings. The zero-order valence-corrected chi connectivity index (χ0v) is 31.4. The SMILES string of the molecule is COC([NH-])=O.COC([NH-])=O.O=[C-]Pc1ncc(-c2cc3ccc(-c4ccc5cc6c(cc5c4)CCc4[nH]c(P[C-]=O)nc4-6)cc3s2)[nH]1.[V+2].[V+2]. The van der Waals surface area contributed by atoms with Crippen molar-refractivity contribution in [2.24, 2.45) is 0 Å². The molecule has 1 aliphatic rings. The molecule has 12 nitrogen and oxygen atoms in total. The van der Waals surface area contributed by atoms with E-state index in [1.165, 1.54) is 37.5 Å². The maximum absolute atomic E-state index is 10.8. The summed E-state index contributed by atoms with van der Waals surface area (Å²) in [6.45, 7) is 0. The number of ether oxygens (including phenoxy) is 2. The van der Waals surface area contributed by atoms with Crippen LogP contribution in [0.3, 0.4) is 0 Å². The number of fused-ring (bicyclic) bond motifs is 5. The van der Waals surface area contributed by atoms with Crippen LogP contribution in [-0.4, -0.2) is 58.4 Å². The summed E-state index contributed by atoms with van der Waals surface area (Å²) in [5, 5.41) is 3.57. The molecule has 2 atom stereocenters. The zero-order valence-electron chi connectivity index (χ0n) is 25.8. The predicted molar refractivity (Wildman–Crippen MR) is 188 cm³/mol. The van der Waals surface area contributed by atoms with Crippen molar-refractivity contribution in [2.75, 3.05) is 14.2 Å². The Kier molecular flexibility index (Phi) is 14.8. The summed E-state index contributed by atoms with van der Waals surface area (Å²) in [5.74, 6) is 0. The number of thiophene rings is 1. The van der Waals surface area contributed by atoms with Crippen LogP contribution in [0.2, 0.25) is 0 Å². The number of H-pyrrole nitrogens is 2.